The minimum atomic E-state index is 0.316. The van der Waals surface area contributed by atoms with Crippen molar-refractivity contribution in [3.8, 4) is 0 Å². The van der Waals surface area contributed by atoms with Crippen LogP contribution in [0.3, 0.4) is 0 Å². The van der Waals surface area contributed by atoms with Crippen LogP contribution >= 0.6 is 0 Å². The Morgan fingerprint density at radius 2 is 2.55 bits per heavy atom. The van der Waals surface area contributed by atoms with E-state index < -0.39 is 0 Å². The second kappa shape index (κ2) is 3.71. The Bertz CT molecular complexity index is 248. The molecule has 1 aromatic rings. The molecule has 1 N–H and O–H groups in total. The summed E-state index contributed by atoms with van der Waals surface area (Å²) in [5.74, 6) is 0.747. The highest BCUT2D eigenvalue weighted by atomic mass is 16.1. The van der Waals surface area contributed by atoms with Gasteiger partial charge in [0.25, 0.3) is 0 Å². The van der Waals surface area contributed by atoms with Gasteiger partial charge in [0.2, 0.25) is 0 Å². The molecular formula is C8H10N2O. The Morgan fingerprint density at radius 1 is 1.73 bits per heavy atom. The molecule has 1 heterocycles. The Kier molecular flexibility index (Phi) is 2.60. The summed E-state index contributed by atoms with van der Waals surface area (Å²) in [6.45, 7) is 2.30. The summed E-state index contributed by atoms with van der Waals surface area (Å²) < 4.78 is 0. The molecule has 0 spiro atoms. The molecule has 0 aromatic carbocycles. The lowest BCUT2D eigenvalue weighted by Crippen LogP contribution is -2.03. The van der Waals surface area contributed by atoms with Crippen LogP contribution in [0.25, 0.3) is 0 Å². The smallest absolute Gasteiger partial charge is 0.139 e. The van der Waals surface area contributed by atoms with Crippen molar-refractivity contribution < 1.29 is 4.79 Å². The first-order valence-corrected chi connectivity index (χ1v) is 3.43. The van der Waals surface area contributed by atoms with Crippen LogP contribution in [0.5, 0.6) is 0 Å². The van der Waals surface area contributed by atoms with Gasteiger partial charge in [0.15, 0.2) is 0 Å². The molecule has 1 aromatic heterocycles. The van der Waals surface area contributed by atoms with Crippen molar-refractivity contribution in [1.82, 2.24) is 4.98 Å². The number of aryl methyl sites for hydroxylation is 1. The molecule has 3 heteroatoms. The number of pyridine rings is 1. The molecule has 0 aliphatic rings. The molecule has 0 bridgehead atoms. The fourth-order valence-corrected chi connectivity index (χ4v) is 0.779. The van der Waals surface area contributed by atoms with Crippen LogP contribution in [0.15, 0.2) is 18.3 Å². The molecule has 0 aliphatic carbocycles. The fourth-order valence-electron chi connectivity index (χ4n) is 0.779. The predicted molar refractivity (Wildman–Crippen MR) is 43.5 cm³/mol. The summed E-state index contributed by atoms with van der Waals surface area (Å²) in [5.41, 5.74) is 1.13. The van der Waals surface area contributed by atoms with Gasteiger partial charge < -0.3 is 10.1 Å². The first kappa shape index (κ1) is 7.72. The lowest BCUT2D eigenvalue weighted by atomic mass is 10.3. The summed E-state index contributed by atoms with van der Waals surface area (Å²) in [7, 11) is 0. The Balaban J connectivity index is 2.63. The summed E-state index contributed by atoms with van der Waals surface area (Å²) in [6.07, 6.45) is 2.52. The molecule has 0 fully saturated rings. The van der Waals surface area contributed by atoms with Crippen LogP contribution in [-0.4, -0.2) is 17.8 Å². The molecule has 0 atom stereocenters. The Morgan fingerprint density at radius 3 is 3.18 bits per heavy atom. The molecule has 11 heavy (non-hydrogen) atoms. The predicted octanol–water partition coefficient (Wildman–Crippen LogP) is 1.00. The van der Waals surface area contributed by atoms with Gasteiger partial charge in [-0.1, -0.05) is 0 Å². The Labute approximate surface area is 65.5 Å². The lowest BCUT2D eigenvalue weighted by Gasteiger charge is -2.00. The van der Waals surface area contributed by atoms with Crippen molar-refractivity contribution in [1.29, 1.82) is 0 Å². The van der Waals surface area contributed by atoms with Crippen LogP contribution in [0.2, 0.25) is 0 Å². The van der Waals surface area contributed by atoms with E-state index in [-0.39, 0.29) is 0 Å². The Hall–Kier alpha value is -1.38. The zero-order valence-corrected chi connectivity index (χ0v) is 6.37. The van der Waals surface area contributed by atoms with Crippen molar-refractivity contribution in [3.63, 3.8) is 0 Å². The van der Waals surface area contributed by atoms with E-state index in [1.165, 1.54) is 0 Å². The van der Waals surface area contributed by atoms with E-state index in [1.54, 1.807) is 6.20 Å². The number of aldehydes is 1. The van der Waals surface area contributed by atoms with Gasteiger partial charge in [-0.3, -0.25) is 0 Å². The third-order valence-corrected chi connectivity index (χ3v) is 1.28. The van der Waals surface area contributed by atoms with Crippen LogP contribution in [0.1, 0.15) is 5.56 Å². The maximum atomic E-state index is 9.97. The normalized spacial score (nSPS) is 9.18. The minimum Gasteiger partial charge on any atom is -0.363 e. The summed E-state index contributed by atoms with van der Waals surface area (Å²) in [4.78, 5) is 14.0. The molecule has 0 amide bonds. The maximum Gasteiger partial charge on any atom is 0.139 e. The monoisotopic (exact) mass is 150 g/mol. The van der Waals surface area contributed by atoms with Crippen molar-refractivity contribution in [3.05, 3.63) is 23.9 Å². The third kappa shape index (κ3) is 2.37. The van der Waals surface area contributed by atoms with Gasteiger partial charge >= 0.3 is 0 Å². The molecule has 0 radical (unpaired) electrons. The number of carbonyl (C=O) groups is 1. The number of hydrogen-bond acceptors (Lipinski definition) is 3. The van der Waals surface area contributed by atoms with Gasteiger partial charge in [0.05, 0.1) is 6.54 Å². The number of hydrogen-bond donors (Lipinski definition) is 1. The fraction of sp³-hybridized carbons (Fsp3) is 0.250. The molecule has 0 saturated heterocycles. The molecule has 3 nitrogen and oxygen atoms in total. The average Bonchev–Trinajstić information content (AvgIpc) is 2.01. The van der Waals surface area contributed by atoms with Crippen LogP contribution < -0.4 is 5.32 Å². The van der Waals surface area contributed by atoms with Gasteiger partial charge in [-0.05, 0) is 24.6 Å². The summed E-state index contributed by atoms with van der Waals surface area (Å²) in [6, 6.07) is 3.80. The van der Waals surface area contributed by atoms with Crippen LogP contribution in [0, 0.1) is 6.92 Å². The van der Waals surface area contributed by atoms with Crippen LogP contribution in [0.4, 0.5) is 5.82 Å². The van der Waals surface area contributed by atoms with E-state index in [0.717, 1.165) is 17.7 Å². The van der Waals surface area contributed by atoms with E-state index in [4.69, 9.17) is 0 Å². The number of carbonyl (C=O) groups excluding carboxylic acids is 1. The number of anilines is 1. The first-order chi connectivity index (χ1) is 5.33. The molecule has 0 unspecified atom stereocenters. The number of rotatable bonds is 3. The lowest BCUT2D eigenvalue weighted by molar-refractivity contribution is -0.106. The summed E-state index contributed by atoms with van der Waals surface area (Å²) >= 11 is 0. The van der Waals surface area contributed by atoms with Gasteiger partial charge in [-0.25, -0.2) is 4.98 Å². The standard InChI is InChI=1S/C8H10N2O/c1-7-2-3-9-8(6-7)10-4-5-11/h2-3,5-6H,4H2,1H3,(H,9,10). The highest BCUT2D eigenvalue weighted by molar-refractivity contribution is 5.57. The van der Waals surface area contributed by atoms with E-state index in [1.807, 2.05) is 19.1 Å². The molecule has 0 aliphatic heterocycles. The number of aromatic nitrogens is 1. The second-order valence-corrected chi connectivity index (χ2v) is 2.27. The zero-order valence-electron chi connectivity index (χ0n) is 6.37. The number of nitrogens with zero attached hydrogens (tertiary/aromatic N) is 1. The number of nitrogens with one attached hydrogen (secondary N) is 1. The molecule has 0 saturated carbocycles. The molecular weight excluding hydrogens is 140 g/mol. The SMILES string of the molecule is Cc1ccnc(NCC=O)c1. The maximum absolute atomic E-state index is 9.97. The highest BCUT2D eigenvalue weighted by Crippen LogP contribution is 2.03. The topological polar surface area (TPSA) is 42.0 Å². The quantitative estimate of drug-likeness (QED) is 0.653. The minimum absolute atomic E-state index is 0.316. The van der Waals surface area contributed by atoms with Gasteiger partial charge in [-0.2, -0.15) is 0 Å². The second-order valence-electron chi connectivity index (χ2n) is 2.27. The van der Waals surface area contributed by atoms with E-state index in [2.05, 4.69) is 10.3 Å². The molecule has 58 valence electrons. The van der Waals surface area contributed by atoms with Crippen molar-refractivity contribution >= 4 is 12.1 Å². The van der Waals surface area contributed by atoms with E-state index in [9.17, 15) is 4.79 Å². The largest absolute Gasteiger partial charge is 0.363 e. The van der Waals surface area contributed by atoms with Crippen molar-refractivity contribution in [2.75, 3.05) is 11.9 Å². The van der Waals surface area contributed by atoms with E-state index >= 15 is 0 Å². The van der Waals surface area contributed by atoms with Gasteiger partial charge in [-0.15, -0.1) is 0 Å². The van der Waals surface area contributed by atoms with E-state index in [0.29, 0.717) is 6.54 Å². The molecule has 1 rings (SSSR count). The average molecular weight is 150 g/mol. The third-order valence-electron chi connectivity index (χ3n) is 1.28. The first-order valence-electron chi connectivity index (χ1n) is 3.43. The van der Waals surface area contributed by atoms with Gasteiger partial charge in [0.1, 0.15) is 12.1 Å². The summed E-state index contributed by atoms with van der Waals surface area (Å²) in [5, 5.41) is 2.86. The van der Waals surface area contributed by atoms with Crippen LogP contribution in [-0.2, 0) is 4.79 Å². The zero-order chi connectivity index (χ0) is 8.10. The van der Waals surface area contributed by atoms with Gasteiger partial charge in [0, 0.05) is 6.20 Å². The highest BCUT2D eigenvalue weighted by Gasteiger charge is 1.90. The van der Waals surface area contributed by atoms with Crippen molar-refractivity contribution in [2.24, 2.45) is 0 Å². The van der Waals surface area contributed by atoms with Crippen molar-refractivity contribution in [2.45, 2.75) is 6.92 Å².